The van der Waals surface area contributed by atoms with Gasteiger partial charge in [-0.05, 0) is 24.3 Å². The Morgan fingerprint density at radius 1 is 0.875 bits per heavy atom. The SMILES string of the molecule is CN(/C=N/c1ccccc1)c1ccccc1. The van der Waals surface area contributed by atoms with Gasteiger partial charge in [0.2, 0.25) is 0 Å². The minimum Gasteiger partial charge on any atom is -0.336 e. The molecule has 80 valence electrons. The molecule has 0 heterocycles. The van der Waals surface area contributed by atoms with E-state index in [-0.39, 0.29) is 0 Å². The van der Waals surface area contributed by atoms with Crippen LogP contribution in [0, 0.1) is 0 Å². The van der Waals surface area contributed by atoms with E-state index in [0.717, 1.165) is 11.4 Å². The van der Waals surface area contributed by atoms with Crippen molar-refractivity contribution in [3.05, 3.63) is 60.7 Å². The fraction of sp³-hybridized carbons (Fsp3) is 0.0714. The quantitative estimate of drug-likeness (QED) is 0.559. The molecule has 0 spiro atoms. The zero-order valence-corrected chi connectivity index (χ0v) is 9.25. The van der Waals surface area contributed by atoms with Crippen LogP contribution in [0.3, 0.4) is 0 Å². The fourth-order valence-corrected chi connectivity index (χ4v) is 1.40. The van der Waals surface area contributed by atoms with Gasteiger partial charge in [-0.3, -0.25) is 0 Å². The second kappa shape index (κ2) is 5.12. The summed E-state index contributed by atoms with van der Waals surface area (Å²) in [6.45, 7) is 0. The molecule has 0 radical (unpaired) electrons. The number of nitrogens with zero attached hydrogens (tertiary/aromatic N) is 2. The summed E-state index contributed by atoms with van der Waals surface area (Å²) in [5, 5.41) is 0. The Balaban J connectivity index is 2.08. The van der Waals surface area contributed by atoms with Crippen LogP contribution in [0.25, 0.3) is 0 Å². The summed E-state index contributed by atoms with van der Waals surface area (Å²) in [5.74, 6) is 0. The van der Waals surface area contributed by atoms with Gasteiger partial charge in [-0.25, -0.2) is 4.99 Å². The van der Waals surface area contributed by atoms with Crippen LogP contribution in [-0.2, 0) is 0 Å². The maximum Gasteiger partial charge on any atom is 0.0954 e. The van der Waals surface area contributed by atoms with Gasteiger partial charge < -0.3 is 4.90 Å². The minimum absolute atomic E-state index is 0.963. The summed E-state index contributed by atoms with van der Waals surface area (Å²) in [6, 6.07) is 20.1. The van der Waals surface area contributed by atoms with Crippen LogP contribution in [0.5, 0.6) is 0 Å². The second-order valence-electron chi connectivity index (χ2n) is 3.53. The van der Waals surface area contributed by atoms with E-state index < -0.39 is 0 Å². The van der Waals surface area contributed by atoms with Crippen molar-refractivity contribution in [1.29, 1.82) is 0 Å². The van der Waals surface area contributed by atoms with Crippen molar-refractivity contribution in [1.82, 2.24) is 0 Å². The average Bonchev–Trinajstić information content (AvgIpc) is 2.38. The second-order valence-corrected chi connectivity index (χ2v) is 3.53. The Labute approximate surface area is 95.9 Å². The Morgan fingerprint density at radius 2 is 1.44 bits per heavy atom. The molecule has 0 atom stereocenters. The number of para-hydroxylation sites is 2. The van der Waals surface area contributed by atoms with E-state index in [2.05, 4.69) is 17.1 Å². The van der Waals surface area contributed by atoms with Gasteiger partial charge in [0.1, 0.15) is 0 Å². The monoisotopic (exact) mass is 210 g/mol. The molecule has 2 heteroatoms. The average molecular weight is 210 g/mol. The first-order valence-electron chi connectivity index (χ1n) is 5.23. The summed E-state index contributed by atoms with van der Waals surface area (Å²) in [7, 11) is 1.99. The van der Waals surface area contributed by atoms with Crippen LogP contribution in [0.4, 0.5) is 11.4 Å². The molecular weight excluding hydrogens is 196 g/mol. The Kier molecular flexibility index (Phi) is 3.34. The lowest BCUT2D eigenvalue weighted by atomic mass is 10.3. The topological polar surface area (TPSA) is 15.6 Å². The van der Waals surface area contributed by atoms with E-state index in [1.54, 1.807) is 0 Å². The summed E-state index contributed by atoms with van der Waals surface area (Å²) in [6.07, 6.45) is 1.82. The van der Waals surface area contributed by atoms with Gasteiger partial charge in [-0.15, -0.1) is 0 Å². The van der Waals surface area contributed by atoms with Gasteiger partial charge >= 0.3 is 0 Å². The molecular formula is C14H14N2. The van der Waals surface area contributed by atoms with Crippen LogP contribution in [0.15, 0.2) is 65.7 Å². The van der Waals surface area contributed by atoms with Gasteiger partial charge in [0.25, 0.3) is 0 Å². The molecule has 0 fully saturated rings. The number of aliphatic imine (C=N–C) groups is 1. The summed E-state index contributed by atoms with van der Waals surface area (Å²) in [5.41, 5.74) is 2.09. The molecule has 0 amide bonds. The van der Waals surface area contributed by atoms with E-state index in [0.29, 0.717) is 0 Å². The van der Waals surface area contributed by atoms with E-state index in [4.69, 9.17) is 0 Å². The van der Waals surface area contributed by atoms with Gasteiger partial charge in [0.15, 0.2) is 0 Å². The van der Waals surface area contributed by atoms with E-state index in [1.807, 2.05) is 66.8 Å². The van der Waals surface area contributed by atoms with Gasteiger partial charge in [-0.1, -0.05) is 36.4 Å². The summed E-state index contributed by atoms with van der Waals surface area (Å²) < 4.78 is 0. The Morgan fingerprint density at radius 3 is 2.06 bits per heavy atom. The molecule has 0 saturated heterocycles. The number of benzene rings is 2. The number of hydrogen-bond acceptors (Lipinski definition) is 1. The van der Waals surface area contributed by atoms with Crippen molar-refractivity contribution >= 4 is 17.7 Å². The standard InChI is InChI=1S/C14H14N2/c1-16(14-10-6-3-7-11-14)12-15-13-8-4-2-5-9-13/h2-12H,1H3/b15-12+. The molecule has 0 bridgehead atoms. The molecule has 0 aliphatic carbocycles. The lowest BCUT2D eigenvalue weighted by molar-refractivity contribution is 1.28. The fourth-order valence-electron chi connectivity index (χ4n) is 1.40. The number of rotatable bonds is 3. The largest absolute Gasteiger partial charge is 0.336 e. The predicted molar refractivity (Wildman–Crippen MR) is 69.4 cm³/mol. The lowest BCUT2D eigenvalue weighted by Crippen LogP contribution is -2.13. The van der Waals surface area contributed by atoms with E-state index >= 15 is 0 Å². The lowest BCUT2D eigenvalue weighted by Gasteiger charge is -2.12. The highest BCUT2D eigenvalue weighted by Crippen LogP contribution is 2.12. The number of hydrogen-bond donors (Lipinski definition) is 0. The third-order valence-electron chi connectivity index (χ3n) is 2.30. The van der Waals surface area contributed by atoms with E-state index in [1.165, 1.54) is 0 Å². The molecule has 0 saturated carbocycles. The van der Waals surface area contributed by atoms with Crippen LogP contribution in [0.1, 0.15) is 0 Å². The third kappa shape index (κ3) is 2.70. The van der Waals surface area contributed by atoms with Crippen LogP contribution < -0.4 is 4.90 Å². The summed E-state index contributed by atoms with van der Waals surface area (Å²) >= 11 is 0. The first-order valence-corrected chi connectivity index (χ1v) is 5.23. The molecule has 0 aliphatic heterocycles. The predicted octanol–water partition coefficient (Wildman–Crippen LogP) is 3.48. The van der Waals surface area contributed by atoms with Crippen molar-refractivity contribution in [2.24, 2.45) is 4.99 Å². The highest BCUT2D eigenvalue weighted by atomic mass is 15.1. The first-order chi connectivity index (χ1) is 7.86. The highest BCUT2D eigenvalue weighted by molar-refractivity contribution is 5.80. The minimum atomic E-state index is 0.963. The van der Waals surface area contributed by atoms with Crippen molar-refractivity contribution in [2.45, 2.75) is 0 Å². The Bertz CT molecular complexity index is 449. The first kappa shape index (κ1) is 10.4. The highest BCUT2D eigenvalue weighted by Gasteiger charge is 1.94. The van der Waals surface area contributed by atoms with Crippen molar-refractivity contribution in [3.63, 3.8) is 0 Å². The smallest absolute Gasteiger partial charge is 0.0954 e. The molecule has 0 unspecified atom stereocenters. The van der Waals surface area contributed by atoms with E-state index in [9.17, 15) is 0 Å². The zero-order chi connectivity index (χ0) is 11.2. The van der Waals surface area contributed by atoms with Crippen LogP contribution in [0.2, 0.25) is 0 Å². The van der Waals surface area contributed by atoms with Gasteiger partial charge in [0, 0.05) is 12.7 Å². The van der Waals surface area contributed by atoms with Crippen molar-refractivity contribution in [2.75, 3.05) is 11.9 Å². The van der Waals surface area contributed by atoms with Gasteiger partial charge in [-0.2, -0.15) is 0 Å². The molecule has 0 N–H and O–H groups in total. The zero-order valence-electron chi connectivity index (χ0n) is 9.25. The third-order valence-corrected chi connectivity index (χ3v) is 2.30. The maximum absolute atomic E-state index is 4.38. The molecule has 2 rings (SSSR count). The summed E-state index contributed by atoms with van der Waals surface area (Å²) in [4.78, 5) is 6.38. The maximum atomic E-state index is 4.38. The molecule has 0 aliphatic rings. The normalized spacial score (nSPS) is 10.6. The van der Waals surface area contributed by atoms with Crippen LogP contribution >= 0.6 is 0 Å². The van der Waals surface area contributed by atoms with Crippen LogP contribution in [-0.4, -0.2) is 13.4 Å². The molecule has 2 aromatic carbocycles. The molecule has 16 heavy (non-hydrogen) atoms. The molecule has 2 nitrogen and oxygen atoms in total. The van der Waals surface area contributed by atoms with Crippen molar-refractivity contribution in [3.8, 4) is 0 Å². The van der Waals surface area contributed by atoms with Crippen molar-refractivity contribution < 1.29 is 0 Å². The Hall–Kier alpha value is -2.09. The number of anilines is 1. The van der Waals surface area contributed by atoms with Gasteiger partial charge in [0.05, 0.1) is 12.0 Å². The molecule has 2 aromatic rings. The molecule has 0 aromatic heterocycles.